The number of aromatic nitrogens is 3. The number of carbonyl (C=O) groups excluding carboxylic acids is 1. The normalized spacial score (nSPS) is 20.4. The van der Waals surface area contributed by atoms with E-state index < -0.39 is 6.10 Å². The average molecular weight is 369 g/mol. The van der Waals surface area contributed by atoms with E-state index in [0.29, 0.717) is 19.7 Å². The van der Waals surface area contributed by atoms with Gasteiger partial charge in [0.25, 0.3) is 5.91 Å². The number of amides is 1. The first kappa shape index (κ1) is 15.8. The SMILES string of the molecule is O=C(C1CN(c2nccn3nccc23)CCO1)N1CCc2sccc2C1. The number of hydrogen-bond donors (Lipinski definition) is 0. The second kappa shape index (κ2) is 6.37. The highest BCUT2D eigenvalue weighted by Crippen LogP contribution is 2.26. The van der Waals surface area contributed by atoms with Gasteiger partial charge in [0.2, 0.25) is 0 Å². The van der Waals surface area contributed by atoms with Gasteiger partial charge in [0.15, 0.2) is 11.9 Å². The van der Waals surface area contributed by atoms with Gasteiger partial charge in [-0.2, -0.15) is 5.10 Å². The van der Waals surface area contributed by atoms with Crippen molar-refractivity contribution in [1.82, 2.24) is 19.5 Å². The van der Waals surface area contributed by atoms with Crippen molar-refractivity contribution in [3.05, 3.63) is 46.5 Å². The van der Waals surface area contributed by atoms with Crippen molar-refractivity contribution in [2.45, 2.75) is 19.1 Å². The van der Waals surface area contributed by atoms with Crippen molar-refractivity contribution >= 4 is 28.6 Å². The Labute approximate surface area is 154 Å². The highest BCUT2D eigenvalue weighted by atomic mass is 32.1. The fourth-order valence-electron chi connectivity index (χ4n) is 3.72. The van der Waals surface area contributed by atoms with Crippen LogP contribution in [-0.4, -0.2) is 57.8 Å². The molecule has 0 radical (unpaired) electrons. The molecule has 0 spiro atoms. The van der Waals surface area contributed by atoms with Gasteiger partial charge in [0.05, 0.1) is 19.3 Å². The van der Waals surface area contributed by atoms with Crippen LogP contribution in [0.1, 0.15) is 10.4 Å². The van der Waals surface area contributed by atoms with Gasteiger partial charge in [-0.25, -0.2) is 9.50 Å². The van der Waals surface area contributed by atoms with Crippen LogP contribution in [0.25, 0.3) is 5.52 Å². The largest absolute Gasteiger partial charge is 0.365 e. The molecule has 1 fully saturated rings. The van der Waals surface area contributed by atoms with Crippen LogP contribution >= 0.6 is 11.3 Å². The van der Waals surface area contributed by atoms with Gasteiger partial charge in [-0.3, -0.25) is 4.79 Å². The first-order chi connectivity index (χ1) is 12.8. The lowest BCUT2D eigenvalue weighted by Crippen LogP contribution is -2.52. The molecule has 2 aliphatic rings. The molecule has 5 heterocycles. The van der Waals surface area contributed by atoms with E-state index in [4.69, 9.17) is 4.74 Å². The summed E-state index contributed by atoms with van der Waals surface area (Å²) in [6.45, 7) is 3.21. The van der Waals surface area contributed by atoms with E-state index in [2.05, 4.69) is 26.4 Å². The van der Waals surface area contributed by atoms with Crippen molar-refractivity contribution in [2.24, 2.45) is 0 Å². The van der Waals surface area contributed by atoms with Crippen LogP contribution in [0.2, 0.25) is 0 Å². The maximum absolute atomic E-state index is 13.0. The number of nitrogens with zero attached hydrogens (tertiary/aromatic N) is 5. The smallest absolute Gasteiger partial charge is 0.253 e. The first-order valence-corrected chi connectivity index (χ1v) is 9.66. The first-order valence-electron chi connectivity index (χ1n) is 8.78. The van der Waals surface area contributed by atoms with E-state index >= 15 is 0 Å². The van der Waals surface area contributed by atoms with Crippen molar-refractivity contribution in [3.8, 4) is 0 Å². The molecule has 3 aromatic heterocycles. The zero-order chi connectivity index (χ0) is 17.5. The third kappa shape index (κ3) is 2.65. The van der Waals surface area contributed by atoms with Gasteiger partial charge in [0, 0.05) is 36.9 Å². The van der Waals surface area contributed by atoms with E-state index in [1.807, 2.05) is 17.2 Å². The summed E-state index contributed by atoms with van der Waals surface area (Å²) in [5.41, 5.74) is 2.22. The molecule has 1 saturated heterocycles. The molecule has 26 heavy (non-hydrogen) atoms. The van der Waals surface area contributed by atoms with Crippen molar-refractivity contribution in [3.63, 3.8) is 0 Å². The van der Waals surface area contributed by atoms with E-state index in [-0.39, 0.29) is 5.91 Å². The molecule has 0 aliphatic carbocycles. The third-order valence-electron chi connectivity index (χ3n) is 5.06. The van der Waals surface area contributed by atoms with Gasteiger partial charge in [-0.05, 0) is 29.5 Å². The molecule has 2 aliphatic heterocycles. The van der Waals surface area contributed by atoms with E-state index in [1.165, 1.54) is 10.4 Å². The fourth-order valence-corrected chi connectivity index (χ4v) is 4.61. The number of ether oxygens (including phenoxy) is 1. The summed E-state index contributed by atoms with van der Waals surface area (Å²) >= 11 is 1.78. The van der Waals surface area contributed by atoms with Gasteiger partial charge in [-0.1, -0.05) is 0 Å². The van der Waals surface area contributed by atoms with Crippen molar-refractivity contribution < 1.29 is 9.53 Å². The standard InChI is InChI=1S/C18H19N5O2S/c24-18(22-6-2-16-13(11-22)3-10-26-16)15-12-21(8-9-25-15)17-14-1-4-20-23(14)7-5-19-17/h1,3-5,7,10,15H,2,6,8-9,11-12H2. The van der Waals surface area contributed by atoms with Crippen molar-refractivity contribution in [1.29, 1.82) is 0 Å². The summed E-state index contributed by atoms with van der Waals surface area (Å²) in [5.74, 6) is 0.928. The van der Waals surface area contributed by atoms with Gasteiger partial charge in [0.1, 0.15) is 5.52 Å². The molecular weight excluding hydrogens is 350 g/mol. The minimum absolute atomic E-state index is 0.0759. The molecule has 0 aromatic carbocycles. The zero-order valence-electron chi connectivity index (χ0n) is 14.2. The van der Waals surface area contributed by atoms with E-state index in [1.54, 1.807) is 28.2 Å². The number of rotatable bonds is 2. The van der Waals surface area contributed by atoms with Crippen LogP contribution in [0.15, 0.2) is 36.1 Å². The van der Waals surface area contributed by atoms with Crippen molar-refractivity contribution in [2.75, 3.05) is 31.1 Å². The number of anilines is 1. The number of thiophene rings is 1. The Kier molecular flexibility index (Phi) is 3.86. The summed E-state index contributed by atoms with van der Waals surface area (Å²) in [6.07, 6.45) is 5.81. The van der Waals surface area contributed by atoms with Gasteiger partial charge >= 0.3 is 0 Å². The predicted octanol–water partition coefficient (Wildman–Crippen LogP) is 1.58. The zero-order valence-corrected chi connectivity index (χ0v) is 15.1. The number of hydrogen-bond acceptors (Lipinski definition) is 6. The van der Waals surface area contributed by atoms with Crippen LogP contribution in [0.4, 0.5) is 5.82 Å². The van der Waals surface area contributed by atoms with Crippen LogP contribution in [0, 0.1) is 0 Å². The van der Waals surface area contributed by atoms with E-state index in [0.717, 1.165) is 30.8 Å². The minimum Gasteiger partial charge on any atom is -0.365 e. The molecule has 8 heteroatoms. The summed E-state index contributed by atoms with van der Waals surface area (Å²) in [5, 5.41) is 6.37. The lowest BCUT2D eigenvalue weighted by atomic mass is 10.1. The molecule has 0 N–H and O–H groups in total. The fraction of sp³-hybridized carbons (Fsp3) is 0.389. The summed E-state index contributed by atoms with van der Waals surface area (Å²) in [7, 11) is 0. The number of fused-ring (bicyclic) bond motifs is 2. The maximum atomic E-state index is 13.0. The Bertz CT molecular complexity index is 952. The molecule has 3 aromatic rings. The second-order valence-corrected chi connectivity index (χ2v) is 7.60. The molecule has 1 atom stereocenters. The Morgan fingerprint density at radius 1 is 1.27 bits per heavy atom. The highest BCUT2D eigenvalue weighted by Gasteiger charge is 2.33. The van der Waals surface area contributed by atoms with Crippen LogP contribution in [0.5, 0.6) is 0 Å². The average Bonchev–Trinajstić information content (AvgIpc) is 3.35. The molecule has 5 rings (SSSR count). The Morgan fingerprint density at radius 2 is 2.23 bits per heavy atom. The van der Waals surface area contributed by atoms with E-state index in [9.17, 15) is 4.79 Å². The number of morpholine rings is 1. The lowest BCUT2D eigenvalue weighted by molar-refractivity contribution is -0.145. The molecule has 0 bridgehead atoms. The molecule has 0 saturated carbocycles. The predicted molar refractivity (Wildman–Crippen MR) is 98.4 cm³/mol. The topological polar surface area (TPSA) is 63.0 Å². The molecule has 7 nitrogen and oxygen atoms in total. The Morgan fingerprint density at radius 3 is 3.19 bits per heavy atom. The second-order valence-electron chi connectivity index (χ2n) is 6.60. The molecular formula is C18H19N5O2S. The Hall–Kier alpha value is -2.45. The van der Waals surface area contributed by atoms with Crippen LogP contribution < -0.4 is 4.90 Å². The van der Waals surface area contributed by atoms with Gasteiger partial charge < -0.3 is 14.5 Å². The highest BCUT2D eigenvalue weighted by molar-refractivity contribution is 7.10. The molecule has 1 unspecified atom stereocenters. The van der Waals surface area contributed by atoms with Gasteiger partial charge in [-0.15, -0.1) is 11.3 Å². The van der Waals surface area contributed by atoms with Crippen LogP contribution in [0.3, 0.4) is 0 Å². The summed E-state index contributed by atoms with van der Waals surface area (Å²) in [4.78, 5) is 23.0. The Balaban J connectivity index is 1.34. The lowest BCUT2D eigenvalue weighted by Gasteiger charge is -2.36. The maximum Gasteiger partial charge on any atom is 0.253 e. The molecule has 1 amide bonds. The number of carbonyl (C=O) groups is 1. The molecule has 134 valence electrons. The quantitative estimate of drug-likeness (QED) is 0.686. The summed E-state index contributed by atoms with van der Waals surface area (Å²) < 4.78 is 7.63. The summed E-state index contributed by atoms with van der Waals surface area (Å²) in [6, 6.07) is 4.06. The monoisotopic (exact) mass is 369 g/mol. The third-order valence-corrected chi connectivity index (χ3v) is 6.09. The van der Waals surface area contributed by atoms with Crippen LogP contribution in [-0.2, 0) is 22.5 Å². The minimum atomic E-state index is -0.450.